The number of esters is 1. The number of ether oxygens (including phenoxy) is 2. The average molecular weight is 485 g/mol. The van der Waals surface area contributed by atoms with Gasteiger partial charge in [-0.05, 0) is 32.9 Å². The van der Waals surface area contributed by atoms with Crippen molar-refractivity contribution in [3.8, 4) is 0 Å². The van der Waals surface area contributed by atoms with Gasteiger partial charge < -0.3 is 20.5 Å². The fraction of sp³-hybridized carbons (Fsp3) is 0.263. The first-order valence-electron chi connectivity index (χ1n) is 9.00. The van der Waals surface area contributed by atoms with E-state index in [2.05, 4.69) is 15.2 Å². The SMILES string of the molecule is COC(=O)c1cc(Cl)c(Cl)cc1NC(=O)/C(N)=C/N(N)c1cnn(C(=O)OC(C)(C)C)c1. The molecule has 5 N–H and O–H groups in total. The Bertz CT molecular complexity index is 1080. The summed E-state index contributed by atoms with van der Waals surface area (Å²) in [7, 11) is 1.18. The molecule has 0 bridgehead atoms. The lowest BCUT2D eigenvalue weighted by Crippen LogP contribution is -2.30. The standard InChI is InChI=1S/C19H22Cl2N6O5/c1-19(2,3)32-18(30)27-8-10(7-24-27)26(23)9-14(22)16(28)25-15-6-13(21)12(20)5-11(15)17(29)31-4/h5-9H,22-23H2,1-4H3,(H,25,28)/b14-9-. The second kappa shape index (κ2) is 9.90. The molecular weight excluding hydrogens is 463 g/mol. The lowest BCUT2D eigenvalue weighted by atomic mass is 10.1. The largest absolute Gasteiger partial charge is 0.465 e. The van der Waals surface area contributed by atoms with Crippen LogP contribution in [0.2, 0.25) is 10.0 Å². The first-order chi connectivity index (χ1) is 14.8. The fourth-order valence-electron chi connectivity index (χ4n) is 2.26. The van der Waals surface area contributed by atoms with E-state index in [1.807, 2.05) is 0 Å². The second-order valence-corrected chi connectivity index (χ2v) is 8.19. The van der Waals surface area contributed by atoms with Crippen LogP contribution in [0.5, 0.6) is 0 Å². The van der Waals surface area contributed by atoms with E-state index in [4.69, 9.17) is 39.5 Å². The predicted octanol–water partition coefficient (Wildman–Crippen LogP) is 2.88. The number of amides is 1. The normalized spacial score (nSPS) is 11.7. The van der Waals surface area contributed by atoms with Crippen molar-refractivity contribution in [3.05, 3.63) is 52.0 Å². The topological polar surface area (TPSA) is 155 Å². The predicted molar refractivity (Wildman–Crippen MR) is 119 cm³/mol. The van der Waals surface area contributed by atoms with Gasteiger partial charge in [0.05, 0.1) is 52.7 Å². The molecule has 0 aliphatic carbocycles. The molecule has 2 aromatic rings. The molecule has 0 saturated heterocycles. The fourth-order valence-corrected chi connectivity index (χ4v) is 2.59. The highest BCUT2D eigenvalue weighted by molar-refractivity contribution is 6.42. The zero-order chi connectivity index (χ0) is 24.2. The molecule has 1 amide bonds. The summed E-state index contributed by atoms with van der Waals surface area (Å²) in [5.74, 6) is 4.36. The Morgan fingerprint density at radius 1 is 1.22 bits per heavy atom. The summed E-state index contributed by atoms with van der Waals surface area (Å²) in [4.78, 5) is 36.5. The van der Waals surface area contributed by atoms with Crippen molar-refractivity contribution in [3.63, 3.8) is 0 Å². The molecule has 13 heteroatoms. The molecule has 0 atom stereocenters. The number of carbonyl (C=O) groups is 3. The van der Waals surface area contributed by atoms with Crippen molar-refractivity contribution >= 4 is 52.5 Å². The molecule has 2 rings (SSSR count). The number of hydrogen-bond donors (Lipinski definition) is 3. The minimum absolute atomic E-state index is 0.0220. The zero-order valence-electron chi connectivity index (χ0n) is 17.7. The monoisotopic (exact) mass is 484 g/mol. The third-order valence-corrected chi connectivity index (χ3v) is 4.42. The van der Waals surface area contributed by atoms with E-state index >= 15 is 0 Å². The minimum Gasteiger partial charge on any atom is -0.465 e. The summed E-state index contributed by atoms with van der Waals surface area (Å²) in [6.07, 6.45) is 2.97. The maximum Gasteiger partial charge on any atom is 0.435 e. The maximum atomic E-state index is 12.5. The molecule has 11 nitrogen and oxygen atoms in total. The number of aromatic nitrogens is 2. The van der Waals surface area contributed by atoms with Gasteiger partial charge in [0.1, 0.15) is 11.3 Å². The molecule has 0 aliphatic heterocycles. The molecule has 1 aromatic heterocycles. The number of methoxy groups -OCH3 is 1. The second-order valence-electron chi connectivity index (χ2n) is 7.37. The molecule has 1 aromatic carbocycles. The van der Waals surface area contributed by atoms with Crippen LogP contribution >= 0.6 is 23.2 Å². The molecule has 0 aliphatic rings. The maximum absolute atomic E-state index is 12.5. The van der Waals surface area contributed by atoms with Gasteiger partial charge >= 0.3 is 12.1 Å². The van der Waals surface area contributed by atoms with Crippen LogP contribution in [-0.2, 0) is 14.3 Å². The molecule has 0 saturated carbocycles. The van der Waals surface area contributed by atoms with E-state index in [1.54, 1.807) is 20.8 Å². The lowest BCUT2D eigenvalue weighted by Gasteiger charge is -2.18. The molecule has 0 fully saturated rings. The van der Waals surface area contributed by atoms with Gasteiger partial charge in [-0.3, -0.25) is 9.80 Å². The molecule has 1 heterocycles. The molecule has 172 valence electrons. The Morgan fingerprint density at radius 3 is 2.44 bits per heavy atom. The number of rotatable bonds is 5. The summed E-state index contributed by atoms with van der Waals surface area (Å²) < 4.78 is 10.8. The van der Waals surface area contributed by atoms with Crippen LogP contribution in [0.3, 0.4) is 0 Å². The van der Waals surface area contributed by atoms with Crippen LogP contribution in [0.25, 0.3) is 0 Å². The smallest absolute Gasteiger partial charge is 0.435 e. The number of halogens is 2. The van der Waals surface area contributed by atoms with Crippen molar-refractivity contribution in [2.75, 3.05) is 17.4 Å². The third kappa shape index (κ3) is 6.36. The molecule has 0 unspecified atom stereocenters. The number of nitrogens with two attached hydrogens (primary N) is 2. The van der Waals surface area contributed by atoms with E-state index in [9.17, 15) is 14.4 Å². The van der Waals surface area contributed by atoms with Gasteiger partial charge in [0.25, 0.3) is 5.91 Å². The first kappa shape index (κ1) is 25.0. The third-order valence-electron chi connectivity index (χ3n) is 3.70. The number of hydrogen-bond acceptors (Lipinski definition) is 9. The molecule has 0 spiro atoms. The number of nitrogens with zero attached hydrogens (tertiary/aromatic N) is 3. The Labute approximate surface area is 193 Å². The van der Waals surface area contributed by atoms with Gasteiger partial charge in [-0.2, -0.15) is 9.78 Å². The average Bonchev–Trinajstić information content (AvgIpc) is 3.19. The number of hydrazine groups is 1. The van der Waals surface area contributed by atoms with E-state index in [1.165, 1.54) is 31.6 Å². The van der Waals surface area contributed by atoms with Gasteiger partial charge in [0.15, 0.2) is 0 Å². The Hall–Kier alpha value is -3.28. The Morgan fingerprint density at radius 2 is 1.84 bits per heavy atom. The van der Waals surface area contributed by atoms with Gasteiger partial charge in [0, 0.05) is 0 Å². The summed E-state index contributed by atoms with van der Waals surface area (Å²) in [6, 6.07) is 2.54. The highest BCUT2D eigenvalue weighted by Crippen LogP contribution is 2.30. The Kier molecular flexibility index (Phi) is 7.73. The highest BCUT2D eigenvalue weighted by Gasteiger charge is 2.20. The number of anilines is 2. The minimum atomic E-state index is -0.788. The Balaban J connectivity index is 2.18. The van der Waals surface area contributed by atoms with Crippen LogP contribution in [-0.4, -0.2) is 40.5 Å². The summed E-state index contributed by atoms with van der Waals surface area (Å²) >= 11 is 11.9. The molecule has 0 radical (unpaired) electrons. The quantitative estimate of drug-likeness (QED) is 0.251. The van der Waals surface area contributed by atoms with Crippen LogP contribution < -0.4 is 21.9 Å². The lowest BCUT2D eigenvalue weighted by molar-refractivity contribution is -0.112. The zero-order valence-corrected chi connectivity index (χ0v) is 19.2. The van der Waals surface area contributed by atoms with Crippen LogP contribution in [0.4, 0.5) is 16.2 Å². The summed E-state index contributed by atoms with van der Waals surface area (Å²) in [6.45, 7) is 5.14. The van der Waals surface area contributed by atoms with Crippen LogP contribution in [0.15, 0.2) is 36.4 Å². The summed E-state index contributed by atoms with van der Waals surface area (Å²) in [5.41, 5.74) is 5.05. The van der Waals surface area contributed by atoms with E-state index < -0.39 is 23.6 Å². The number of carbonyl (C=O) groups excluding carboxylic acids is 3. The highest BCUT2D eigenvalue weighted by atomic mass is 35.5. The van der Waals surface area contributed by atoms with E-state index in [0.717, 1.165) is 15.9 Å². The van der Waals surface area contributed by atoms with Gasteiger partial charge in [-0.25, -0.2) is 15.4 Å². The van der Waals surface area contributed by atoms with Crippen LogP contribution in [0.1, 0.15) is 31.1 Å². The first-order valence-corrected chi connectivity index (χ1v) is 9.76. The van der Waals surface area contributed by atoms with Crippen molar-refractivity contribution in [1.82, 2.24) is 9.78 Å². The summed E-state index contributed by atoms with van der Waals surface area (Å²) in [5, 5.41) is 7.51. The van der Waals surface area contributed by atoms with Crippen LogP contribution in [0, 0.1) is 0 Å². The van der Waals surface area contributed by atoms with Crippen molar-refractivity contribution < 1.29 is 23.9 Å². The van der Waals surface area contributed by atoms with E-state index in [0.29, 0.717) is 0 Å². The van der Waals surface area contributed by atoms with Gasteiger partial charge in [-0.15, -0.1) is 0 Å². The van der Waals surface area contributed by atoms with Crippen molar-refractivity contribution in [2.24, 2.45) is 11.6 Å². The molecular formula is C19H22Cl2N6O5. The van der Waals surface area contributed by atoms with E-state index in [-0.39, 0.29) is 32.7 Å². The number of nitrogens with one attached hydrogen (secondary N) is 1. The van der Waals surface area contributed by atoms with Gasteiger partial charge in [0.2, 0.25) is 0 Å². The van der Waals surface area contributed by atoms with Crippen molar-refractivity contribution in [2.45, 2.75) is 26.4 Å². The van der Waals surface area contributed by atoms with Gasteiger partial charge in [-0.1, -0.05) is 23.2 Å². The molecule has 32 heavy (non-hydrogen) atoms. The number of benzene rings is 1. The van der Waals surface area contributed by atoms with Crippen molar-refractivity contribution in [1.29, 1.82) is 0 Å².